The number of carbonyl (C=O) groups excluding carboxylic acids is 2. The van der Waals surface area contributed by atoms with E-state index in [2.05, 4.69) is 0 Å². The molecule has 106 valence electrons. The molecule has 1 amide bonds. The molecule has 1 fully saturated rings. The number of hydrogen-bond acceptors (Lipinski definition) is 3. The maximum Gasteiger partial charge on any atom is 0.410 e. The van der Waals surface area contributed by atoms with Gasteiger partial charge in [0.15, 0.2) is 0 Å². The largest absolute Gasteiger partial charge is 0.444 e. The fourth-order valence-corrected chi connectivity index (χ4v) is 1.95. The summed E-state index contributed by atoms with van der Waals surface area (Å²) in [5.74, 6) is 0. The van der Waals surface area contributed by atoms with Crippen LogP contribution in [0.1, 0.15) is 36.7 Å². The summed E-state index contributed by atoms with van der Waals surface area (Å²) in [4.78, 5) is 24.1. The van der Waals surface area contributed by atoms with Crippen LogP contribution in [0.3, 0.4) is 0 Å². The summed E-state index contributed by atoms with van der Waals surface area (Å²) >= 11 is 0. The van der Waals surface area contributed by atoms with E-state index in [1.54, 1.807) is 11.0 Å². The molecule has 0 radical (unpaired) electrons. The van der Waals surface area contributed by atoms with Crippen LogP contribution in [0.2, 0.25) is 0 Å². The molecular formula is C16H19NO3. The Bertz CT molecular complexity index is 547. The van der Waals surface area contributed by atoms with Crippen LogP contribution < -0.4 is 0 Å². The standard InChI is InChI=1S/C16H19NO3/c1-16(2,3)20-15(19)17-9-14(10-17)8-12-5-4-6-13(7-12)11-18/h4-8,11H,9-10H2,1-3H3. The van der Waals surface area contributed by atoms with Gasteiger partial charge < -0.3 is 9.64 Å². The third kappa shape index (κ3) is 3.70. The maximum absolute atomic E-state index is 11.8. The lowest BCUT2D eigenvalue weighted by Crippen LogP contribution is -2.46. The Labute approximate surface area is 119 Å². The number of rotatable bonds is 2. The molecule has 0 spiro atoms. The topological polar surface area (TPSA) is 46.6 Å². The summed E-state index contributed by atoms with van der Waals surface area (Å²) in [6.07, 6.45) is 2.56. The SMILES string of the molecule is CC(C)(C)OC(=O)N1CC(=Cc2cccc(C=O)c2)C1. The second-order valence-corrected chi connectivity index (χ2v) is 5.93. The predicted molar refractivity (Wildman–Crippen MR) is 77.6 cm³/mol. The highest BCUT2D eigenvalue weighted by Gasteiger charge is 2.29. The van der Waals surface area contributed by atoms with Crippen LogP contribution in [0.15, 0.2) is 29.8 Å². The van der Waals surface area contributed by atoms with Crippen molar-refractivity contribution in [1.29, 1.82) is 0 Å². The van der Waals surface area contributed by atoms with Gasteiger partial charge in [0, 0.05) is 18.7 Å². The lowest BCUT2D eigenvalue weighted by Gasteiger charge is -2.35. The van der Waals surface area contributed by atoms with Crippen molar-refractivity contribution in [2.24, 2.45) is 0 Å². The van der Waals surface area contributed by atoms with E-state index in [-0.39, 0.29) is 6.09 Å². The zero-order chi connectivity index (χ0) is 14.8. The zero-order valence-corrected chi connectivity index (χ0v) is 12.1. The van der Waals surface area contributed by atoms with Crippen LogP contribution in [0.25, 0.3) is 6.08 Å². The number of likely N-dealkylation sites (tertiary alicyclic amines) is 1. The molecule has 0 atom stereocenters. The van der Waals surface area contributed by atoms with Gasteiger partial charge in [-0.2, -0.15) is 0 Å². The molecule has 1 heterocycles. The second kappa shape index (κ2) is 5.49. The number of carbonyl (C=O) groups is 2. The van der Waals surface area contributed by atoms with Crippen molar-refractivity contribution in [2.45, 2.75) is 26.4 Å². The molecule has 2 rings (SSSR count). The Morgan fingerprint density at radius 3 is 2.50 bits per heavy atom. The second-order valence-electron chi connectivity index (χ2n) is 5.93. The van der Waals surface area contributed by atoms with Crippen LogP contribution in [-0.4, -0.2) is 36.0 Å². The average Bonchev–Trinajstić information content (AvgIpc) is 2.31. The van der Waals surface area contributed by atoms with Gasteiger partial charge in [-0.25, -0.2) is 4.79 Å². The van der Waals surface area contributed by atoms with E-state index in [0.717, 1.165) is 17.4 Å². The Morgan fingerprint density at radius 1 is 1.25 bits per heavy atom. The summed E-state index contributed by atoms with van der Waals surface area (Å²) in [6, 6.07) is 7.38. The molecule has 0 saturated carbocycles. The fourth-order valence-electron chi connectivity index (χ4n) is 1.95. The van der Waals surface area contributed by atoms with Crippen molar-refractivity contribution in [1.82, 2.24) is 4.90 Å². The maximum atomic E-state index is 11.8. The minimum Gasteiger partial charge on any atom is -0.444 e. The molecule has 0 aromatic heterocycles. The van der Waals surface area contributed by atoms with Crippen LogP contribution in [0.4, 0.5) is 4.79 Å². The van der Waals surface area contributed by atoms with Gasteiger partial charge in [0.2, 0.25) is 0 Å². The van der Waals surface area contributed by atoms with Gasteiger partial charge in [-0.05, 0) is 38.0 Å². The van der Waals surface area contributed by atoms with Crippen LogP contribution in [0, 0.1) is 0 Å². The van der Waals surface area contributed by atoms with Crippen LogP contribution in [0.5, 0.6) is 0 Å². The molecule has 1 aromatic carbocycles. The van der Waals surface area contributed by atoms with E-state index < -0.39 is 5.60 Å². The predicted octanol–water partition coefficient (Wildman–Crippen LogP) is 3.13. The first-order valence-corrected chi connectivity index (χ1v) is 6.60. The molecular weight excluding hydrogens is 254 g/mol. The highest BCUT2D eigenvalue weighted by molar-refractivity contribution is 5.77. The Hall–Kier alpha value is -2.10. The molecule has 0 bridgehead atoms. The van der Waals surface area contributed by atoms with Gasteiger partial charge in [0.1, 0.15) is 11.9 Å². The first-order valence-electron chi connectivity index (χ1n) is 6.60. The number of nitrogens with zero attached hydrogens (tertiary/aromatic N) is 1. The fraction of sp³-hybridized carbons (Fsp3) is 0.375. The van der Waals surface area contributed by atoms with E-state index in [4.69, 9.17) is 4.74 Å². The summed E-state index contributed by atoms with van der Waals surface area (Å²) in [6.45, 7) is 6.73. The molecule has 1 aromatic rings. The van der Waals surface area contributed by atoms with Crippen molar-refractivity contribution in [3.05, 3.63) is 41.0 Å². The van der Waals surface area contributed by atoms with E-state index in [0.29, 0.717) is 18.7 Å². The number of amides is 1. The Kier molecular flexibility index (Phi) is 3.93. The van der Waals surface area contributed by atoms with Gasteiger partial charge in [-0.3, -0.25) is 4.79 Å². The summed E-state index contributed by atoms with van der Waals surface area (Å²) in [5, 5.41) is 0. The number of aldehydes is 1. The first-order chi connectivity index (χ1) is 9.37. The smallest absolute Gasteiger partial charge is 0.410 e. The van der Waals surface area contributed by atoms with Crippen molar-refractivity contribution in [2.75, 3.05) is 13.1 Å². The molecule has 4 heteroatoms. The summed E-state index contributed by atoms with van der Waals surface area (Å²) in [7, 11) is 0. The van der Waals surface area contributed by atoms with E-state index in [1.807, 2.05) is 45.0 Å². The molecule has 1 aliphatic rings. The number of hydrogen-bond donors (Lipinski definition) is 0. The average molecular weight is 273 g/mol. The van der Waals surface area contributed by atoms with Crippen molar-refractivity contribution in [3.8, 4) is 0 Å². The Morgan fingerprint density at radius 2 is 1.90 bits per heavy atom. The van der Waals surface area contributed by atoms with E-state index in [9.17, 15) is 9.59 Å². The lowest BCUT2D eigenvalue weighted by molar-refractivity contribution is 0.0216. The third-order valence-electron chi connectivity index (χ3n) is 2.86. The number of ether oxygens (including phenoxy) is 1. The lowest BCUT2D eigenvalue weighted by atomic mass is 10.0. The molecule has 0 N–H and O–H groups in total. The van der Waals surface area contributed by atoms with Gasteiger partial charge in [0.05, 0.1) is 0 Å². The molecule has 20 heavy (non-hydrogen) atoms. The summed E-state index contributed by atoms with van der Waals surface area (Å²) < 4.78 is 5.29. The third-order valence-corrected chi connectivity index (χ3v) is 2.86. The van der Waals surface area contributed by atoms with Crippen molar-refractivity contribution >= 4 is 18.5 Å². The van der Waals surface area contributed by atoms with Crippen LogP contribution >= 0.6 is 0 Å². The number of benzene rings is 1. The zero-order valence-electron chi connectivity index (χ0n) is 12.1. The molecule has 0 unspecified atom stereocenters. The summed E-state index contributed by atoms with van der Waals surface area (Å²) in [5.41, 5.74) is 2.32. The monoisotopic (exact) mass is 273 g/mol. The van der Waals surface area contributed by atoms with E-state index in [1.165, 1.54) is 0 Å². The highest BCUT2D eigenvalue weighted by Crippen LogP contribution is 2.21. The van der Waals surface area contributed by atoms with Gasteiger partial charge in [-0.1, -0.05) is 24.3 Å². The molecule has 4 nitrogen and oxygen atoms in total. The van der Waals surface area contributed by atoms with Crippen molar-refractivity contribution in [3.63, 3.8) is 0 Å². The minimum atomic E-state index is -0.463. The van der Waals surface area contributed by atoms with Gasteiger partial charge in [-0.15, -0.1) is 0 Å². The highest BCUT2D eigenvalue weighted by atomic mass is 16.6. The van der Waals surface area contributed by atoms with E-state index >= 15 is 0 Å². The first kappa shape index (κ1) is 14.3. The van der Waals surface area contributed by atoms with Crippen molar-refractivity contribution < 1.29 is 14.3 Å². The Balaban J connectivity index is 1.94. The van der Waals surface area contributed by atoms with Gasteiger partial charge in [0.25, 0.3) is 0 Å². The van der Waals surface area contributed by atoms with Crippen LogP contribution in [-0.2, 0) is 4.74 Å². The van der Waals surface area contributed by atoms with Gasteiger partial charge >= 0.3 is 6.09 Å². The normalized spacial score (nSPS) is 14.6. The molecule has 1 saturated heterocycles. The minimum absolute atomic E-state index is 0.281. The molecule has 0 aliphatic carbocycles. The quantitative estimate of drug-likeness (QED) is 0.778. The molecule has 1 aliphatic heterocycles.